The Morgan fingerprint density at radius 1 is 1.53 bits per heavy atom. The highest BCUT2D eigenvalue weighted by molar-refractivity contribution is 5.93. The van der Waals surface area contributed by atoms with E-state index < -0.39 is 0 Å². The summed E-state index contributed by atoms with van der Waals surface area (Å²) >= 11 is 0. The maximum absolute atomic E-state index is 11.9. The molecule has 0 unspecified atom stereocenters. The summed E-state index contributed by atoms with van der Waals surface area (Å²) in [4.78, 5) is 16.0. The number of pyridine rings is 1. The van der Waals surface area contributed by atoms with E-state index >= 15 is 0 Å². The largest absolute Gasteiger partial charge is 0.478 e. The van der Waals surface area contributed by atoms with E-state index in [0.29, 0.717) is 24.6 Å². The van der Waals surface area contributed by atoms with Gasteiger partial charge in [-0.15, -0.1) is 0 Å². The number of hydrogen-bond acceptors (Lipinski definition) is 4. The van der Waals surface area contributed by atoms with Gasteiger partial charge < -0.3 is 10.1 Å². The molecule has 19 heavy (non-hydrogen) atoms. The summed E-state index contributed by atoms with van der Waals surface area (Å²) < 4.78 is 6.99. The highest BCUT2D eigenvalue weighted by Crippen LogP contribution is 2.13. The van der Waals surface area contributed by atoms with E-state index in [0.717, 1.165) is 5.56 Å². The minimum absolute atomic E-state index is 0.167. The average molecular weight is 260 g/mol. The van der Waals surface area contributed by atoms with Crippen LogP contribution < -0.4 is 10.1 Å². The van der Waals surface area contributed by atoms with E-state index in [4.69, 9.17) is 4.74 Å². The first-order valence-corrected chi connectivity index (χ1v) is 6.04. The molecule has 2 aromatic heterocycles. The molecule has 0 fully saturated rings. The van der Waals surface area contributed by atoms with Crippen molar-refractivity contribution in [2.45, 2.75) is 13.5 Å². The number of carbonyl (C=O) groups excluding carboxylic acids is 1. The fourth-order valence-electron chi connectivity index (χ4n) is 1.64. The van der Waals surface area contributed by atoms with Gasteiger partial charge in [-0.1, -0.05) is 6.07 Å². The topological polar surface area (TPSA) is 69.0 Å². The second-order valence-corrected chi connectivity index (χ2v) is 3.99. The van der Waals surface area contributed by atoms with Crippen LogP contribution in [0.15, 0.2) is 30.7 Å². The number of amides is 1. The molecule has 1 amide bonds. The van der Waals surface area contributed by atoms with Crippen molar-refractivity contribution >= 4 is 5.91 Å². The van der Waals surface area contributed by atoms with Gasteiger partial charge in [0.15, 0.2) is 0 Å². The number of nitrogens with one attached hydrogen (secondary N) is 1. The lowest BCUT2D eigenvalue weighted by Crippen LogP contribution is -2.22. The Kier molecular flexibility index (Phi) is 4.12. The van der Waals surface area contributed by atoms with Crippen LogP contribution in [0.1, 0.15) is 22.8 Å². The maximum Gasteiger partial charge on any atom is 0.254 e. The van der Waals surface area contributed by atoms with Crippen molar-refractivity contribution < 1.29 is 9.53 Å². The molecule has 0 bridgehead atoms. The summed E-state index contributed by atoms with van der Waals surface area (Å²) in [6.45, 7) is 2.81. The van der Waals surface area contributed by atoms with Crippen molar-refractivity contribution in [3.8, 4) is 5.88 Å². The summed E-state index contributed by atoms with van der Waals surface area (Å²) in [5.41, 5.74) is 1.38. The summed E-state index contributed by atoms with van der Waals surface area (Å²) in [5.74, 6) is 0.385. The van der Waals surface area contributed by atoms with Gasteiger partial charge in [0.1, 0.15) is 0 Å². The molecule has 2 rings (SSSR count). The summed E-state index contributed by atoms with van der Waals surface area (Å²) in [6, 6.07) is 3.69. The van der Waals surface area contributed by atoms with Crippen molar-refractivity contribution in [2.75, 3.05) is 6.61 Å². The molecule has 0 spiro atoms. The van der Waals surface area contributed by atoms with Crippen LogP contribution in [0.5, 0.6) is 5.88 Å². The van der Waals surface area contributed by atoms with Crippen molar-refractivity contribution in [3.05, 3.63) is 41.9 Å². The SMILES string of the molecule is CCOc1ncccc1CNC(=O)c1cnn(C)c1. The molecule has 0 atom stereocenters. The zero-order valence-electron chi connectivity index (χ0n) is 11.0. The number of hydrogen-bond donors (Lipinski definition) is 1. The smallest absolute Gasteiger partial charge is 0.254 e. The molecule has 0 aromatic carbocycles. The molecule has 0 aliphatic rings. The van der Waals surface area contributed by atoms with Crippen LogP contribution in [0, 0.1) is 0 Å². The van der Waals surface area contributed by atoms with E-state index in [-0.39, 0.29) is 5.91 Å². The van der Waals surface area contributed by atoms with Crippen molar-refractivity contribution in [1.82, 2.24) is 20.1 Å². The first-order valence-electron chi connectivity index (χ1n) is 6.04. The first kappa shape index (κ1) is 13.1. The van der Waals surface area contributed by atoms with Crippen LogP contribution >= 0.6 is 0 Å². The molecule has 6 nitrogen and oxygen atoms in total. The predicted octanol–water partition coefficient (Wildman–Crippen LogP) is 1.14. The van der Waals surface area contributed by atoms with Crippen LogP contribution in [-0.2, 0) is 13.6 Å². The maximum atomic E-state index is 11.9. The lowest BCUT2D eigenvalue weighted by Gasteiger charge is -2.09. The fraction of sp³-hybridized carbons (Fsp3) is 0.308. The molecule has 0 saturated heterocycles. The van der Waals surface area contributed by atoms with Crippen LogP contribution in [0.2, 0.25) is 0 Å². The van der Waals surface area contributed by atoms with Gasteiger partial charge in [-0.25, -0.2) is 4.98 Å². The molecule has 1 N–H and O–H groups in total. The summed E-state index contributed by atoms with van der Waals surface area (Å²) in [6.07, 6.45) is 4.86. The fourth-order valence-corrected chi connectivity index (χ4v) is 1.64. The van der Waals surface area contributed by atoms with Gasteiger partial charge in [0, 0.05) is 31.5 Å². The van der Waals surface area contributed by atoms with Gasteiger partial charge in [0.25, 0.3) is 5.91 Å². The monoisotopic (exact) mass is 260 g/mol. The van der Waals surface area contributed by atoms with Gasteiger partial charge in [0.05, 0.1) is 18.4 Å². The van der Waals surface area contributed by atoms with Crippen molar-refractivity contribution in [1.29, 1.82) is 0 Å². The Balaban J connectivity index is 2.00. The molecule has 0 radical (unpaired) electrons. The Bertz CT molecular complexity index is 565. The quantitative estimate of drug-likeness (QED) is 0.875. The number of aromatic nitrogens is 3. The zero-order chi connectivity index (χ0) is 13.7. The number of aryl methyl sites for hydroxylation is 1. The summed E-state index contributed by atoms with van der Waals surface area (Å²) in [5, 5.41) is 6.77. The highest BCUT2D eigenvalue weighted by atomic mass is 16.5. The second-order valence-electron chi connectivity index (χ2n) is 3.99. The van der Waals surface area contributed by atoms with Gasteiger partial charge in [-0.2, -0.15) is 5.10 Å². The molecule has 2 aromatic rings. The van der Waals surface area contributed by atoms with Gasteiger partial charge in [-0.3, -0.25) is 9.48 Å². The Labute approximate surface area is 111 Å². The summed E-state index contributed by atoms with van der Waals surface area (Å²) in [7, 11) is 1.77. The number of carbonyl (C=O) groups is 1. The van der Waals surface area contributed by atoms with Crippen LogP contribution in [0.25, 0.3) is 0 Å². The normalized spacial score (nSPS) is 10.2. The molecule has 2 heterocycles. The molecule has 0 saturated carbocycles. The molecular weight excluding hydrogens is 244 g/mol. The van der Waals surface area contributed by atoms with E-state index in [1.165, 1.54) is 6.20 Å². The van der Waals surface area contributed by atoms with Crippen molar-refractivity contribution in [3.63, 3.8) is 0 Å². The van der Waals surface area contributed by atoms with Gasteiger partial charge >= 0.3 is 0 Å². The predicted molar refractivity (Wildman–Crippen MR) is 69.8 cm³/mol. The molecule has 100 valence electrons. The van der Waals surface area contributed by atoms with Crippen LogP contribution in [0.4, 0.5) is 0 Å². The van der Waals surface area contributed by atoms with E-state index in [1.54, 1.807) is 24.1 Å². The van der Waals surface area contributed by atoms with Gasteiger partial charge in [0.2, 0.25) is 5.88 Å². The zero-order valence-corrected chi connectivity index (χ0v) is 11.0. The molecule has 0 aliphatic carbocycles. The first-order chi connectivity index (χ1) is 9.20. The van der Waals surface area contributed by atoms with Crippen molar-refractivity contribution in [2.24, 2.45) is 7.05 Å². The third-order valence-corrected chi connectivity index (χ3v) is 2.54. The second kappa shape index (κ2) is 5.99. The Hall–Kier alpha value is -2.37. The Morgan fingerprint density at radius 3 is 3.05 bits per heavy atom. The lowest BCUT2D eigenvalue weighted by atomic mass is 10.2. The van der Waals surface area contributed by atoms with E-state index in [9.17, 15) is 4.79 Å². The molecular formula is C13H16N4O2. The number of ether oxygens (including phenoxy) is 1. The number of rotatable bonds is 5. The Morgan fingerprint density at radius 2 is 2.37 bits per heavy atom. The third kappa shape index (κ3) is 3.31. The molecule has 0 aliphatic heterocycles. The van der Waals surface area contributed by atoms with Crippen LogP contribution in [0.3, 0.4) is 0 Å². The van der Waals surface area contributed by atoms with E-state index in [1.807, 2.05) is 19.1 Å². The molecule has 6 heteroatoms. The lowest BCUT2D eigenvalue weighted by molar-refractivity contribution is 0.0950. The number of nitrogens with zero attached hydrogens (tertiary/aromatic N) is 3. The standard InChI is InChI=1S/C13H16N4O2/c1-3-19-13-10(5-4-6-14-13)7-15-12(18)11-8-16-17(2)9-11/h4-6,8-9H,3,7H2,1-2H3,(H,15,18). The minimum atomic E-state index is -0.167. The van der Waals surface area contributed by atoms with E-state index in [2.05, 4.69) is 15.4 Å². The van der Waals surface area contributed by atoms with Gasteiger partial charge in [-0.05, 0) is 13.0 Å². The average Bonchev–Trinajstić information content (AvgIpc) is 2.84. The highest BCUT2D eigenvalue weighted by Gasteiger charge is 2.09. The third-order valence-electron chi connectivity index (χ3n) is 2.54. The minimum Gasteiger partial charge on any atom is -0.478 e. The van der Waals surface area contributed by atoms with Crippen LogP contribution in [-0.4, -0.2) is 27.3 Å².